The number of rotatable bonds is 7. The van der Waals surface area contributed by atoms with E-state index in [0.717, 1.165) is 6.07 Å². The molecule has 0 spiro atoms. The quantitative estimate of drug-likeness (QED) is 0.793. The van der Waals surface area contributed by atoms with Crippen LogP contribution in [0.2, 0.25) is 0 Å². The number of amides is 2. The Bertz CT molecular complexity index is 852. The van der Waals surface area contributed by atoms with Gasteiger partial charge in [0, 0.05) is 25.6 Å². The highest BCUT2D eigenvalue weighted by molar-refractivity contribution is 6.01. The second-order valence-electron chi connectivity index (χ2n) is 6.62. The first kappa shape index (κ1) is 19.8. The van der Waals surface area contributed by atoms with Crippen LogP contribution in [0.4, 0.5) is 14.5 Å². The number of ether oxygens (including phenoxy) is 1. The van der Waals surface area contributed by atoms with Crippen molar-refractivity contribution in [3.05, 3.63) is 59.7 Å². The van der Waals surface area contributed by atoms with Crippen LogP contribution in [0.3, 0.4) is 0 Å². The van der Waals surface area contributed by atoms with Gasteiger partial charge in [-0.2, -0.15) is 0 Å². The summed E-state index contributed by atoms with van der Waals surface area (Å²) >= 11 is 0. The fourth-order valence-corrected chi connectivity index (χ4v) is 3.30. The Hall–Kier alpha value is -2.96. The van der Waals surface area contributed by atoms with Gasteiger partial charge < -0.3 is 15.0 Å². The Balaban J connectivity index is 1.58. The summed E-state index contributed by atoms with van der Waals surface area (Å²) in [7, 11) is 0. The van der Waals surface area contributed by atoms with Gasteiger partial charge in [-0.05, 0) is 43.2 Å². The molecule has 28 heavy (non-hydrogen) atoms. The maximum absolute atomic E-state index is 13.2. The lowest BCUT2D eigenvalue weighted by Gasteiger charge is -2.20. The molecule has 2 aromatic carbocycles. The van der Waals surface area contributed by atoms with E-state index >= 15 is 0 Å². The lowest BCUT2D eigenvalue weighted by molar-refractivity contribution is -0.126. The smallest absolute Gasteiger partial charge is 0.227 e. The molecule has 1 saturated heterocycles. The van der Waals surface area contributed by atoms with Crippen molar-refractivity contribution in [2.45, 2.75) is 19.8 Å². The predicted molar refractivity (Wildman–Crippen MR) is 101 cm³/mol. The summed E-state index contributed by atoms with van der Waals surface area (Å²) < 4.78 is 32.0. The zero-order valence-corrected chi connectivity index (χ0v) is 15.6. The summed E-state index contributed by atoms with van der Waals surface area (Å²) in [6.07, 6.45) is 0.416. The van der Waals surface area contributed by atoms with Crippen LogP contribution in [0.5, 0.6) is 5.75 Å². The molecule has 0 saturated carbocycles. The molecule has 148 valence electrons. The second kappa shape index (κ2) is 8.82. The molecule has 1 aliphatic rings. The molecule has 1 fully saturated rings. The third-order valence-corrected chi connectivity index (χ3v) is 4.59. The summed E-state index contributed by atoms with van der Waals surface area (Å²) in [5.41, 5.74) is 1.12. The van der Waals surface area contributed by atoms with Gasteiger partial charge in [-0.1, -0.05) is 12.1 Å². The minimum Gasteiger partial charge on any atom is -0.492 e. The van der Waals surface area contributed by atoms with Gasteiger partial charge in [0.1, 0.15) is 17.4 Å². The van der Waals surface area contributed by atoms with Crippen LogP contribution in [0.15, 0.2) is 42.5 Å². The predicted octanol–water partition coefficient (Wildman–Crippen LogP) is 3.08. The highest BCUT2D eigenvalue weighted by Gasteiger charge is 2.36. The number of para-hydroxylation sites is 2. The van der Waals surface area contributed by atoms with Crippen molar-refractivity contribution in [1.29, 1.82) is 0 Å². The number of hydrogen-bond donors (Lipinski definition) is 1. The zero-order chi connectivity index (χ0) is 20.1. The van der Waals surface area contributed by atoms with Gasteiger partial charge in [-0.15, -0.1) is 0 Å². The fraction of sp³-hybridized carbons (Fsp3) is 0.333. The summed E-state index contributed by atoms with van der Waals surface area (Å²) in [6, 6.07) is 10.5. The van der Waals surface area contributed by atoms with Crippen LogP contribution in [0.25, 0.3) is 0 Å². The van der Waals surface area contributed by atoms with Crippen molar-refractivity contribution in [3.8, 4) is 5.75 Å². The molecule has 2 aromatic rings. The van der Waals surface area contributed by atoms with E-state index in [4.69, 9.17) is 4.74 Å². The Morgan fingerprint density at radius 2 is 1.93 bits per heavy atom. The standard InChI is InChI=1S/C21H22F2N2O3/c1-2-28-19-6-4-3-5-18(19)25-13-15(11-20(25)26)21(27)24-8-7-14-9-16(22)12-17(23)10-14/h3-6,9-10,12,15H,2,7-8,11,13H2,1H3,(H,24,27). The van der Waals surface area contributed by atoms with Crippen molar-refractivity contribution in [2.24, 2.45) is 5.92 Å². The molecule has 3 rings (SSSR count). The average molecular weight is 388 g/mol. The molecule has 1 unspecified atom stereocenters. The van der Waals surface area contributed by atoms with Crippen molar-refractivity contribution in [3.63, 3.8) is 0 Å². The number of carbonyl (C=O) groups excluding carboxylic acids is 2. The molecular formula is C21H22F2N2O3. The molecule has 1 heterocycles. The third kappa shape index (κ3) is 4.65. The molecule has 0 bridgehead atoms. The van der Waals surface area contributed by atoms with Crippen LogP contribution in [-0.4, -0.2) is 31.5 Å². The molecule has 2 amide bonds. The van der Waals surface area contributed by atoms with E-state index in [1.165, 1.54) is 12.1 Å². The monoisotopic (exact) mass is 388 g/mol. The van der Waals surface area contributed by atoms with Gasteiger partial charge in [-0.25, -0.2) is 8.78 Å². The van der Waals surface area contributed by atoms with Crippen LogP contribution >= 0.6 is 0 Å². The normalized spacial score (nSPS) is 16.3. The zero-order valence-electron chi connectivity index (χ0n) is 15.6. The first-order valence-electron chi connectivity index (χ1n) is 9.22. The average Bonchev–Trinajstić information content (AvgIpc) is 3.03. The van der Waals surface area contributed by atoms with E-state index in [1.807, 2.05) is 19.1 Å². The molecular weight excluding hydrogens is 366 g/mol. The van der Waals surface area contributed by atoms with Gasteiger partial charge in [0.15, 0.2) is 0 Å². The Kier molecular flexibility index (Phi) is 6.23. The van der Waals surface area contributed by atoms with Crippen LogP contribution in [-0.2, 0) is 16.0 Å². The van der Waals surface area contributed by atoms with Gasteiger partial charge in [0.05, 0.1) is 18.2 Å². The first-order valence-corrected chi connectivity index (χ1v) is 9.22. The fourth-order valence-electron chi connectivity index (χ4n) is 3.30. The molecule has 0 aromatic heterocycles. The van der Waals surface area contributed by atoms with E-state index in [0.29, 0.717) is 30.0 Å². The lowest BCUT2D eigenvalue weighted by Crippen LogP contribution is -2.34. The SMILES string of the molecule is CCOc1ccccc1N1CC(C(=O)NCCc2cc(F)cc(F)c2)CC1=O. The molecule has 0 aliphatic carbocycles. The number of carbonyl (C=O) groups is 2. The minimum absolute atomic E-state index is 0.112. The third-order valence-electron chi connectivity index (χ3n) is 4.59. The van der Waals surface area contributed by atoms with Crippen LogP contribution in [0.1, 0.15) is 18.9 Å². The largest absolute Gasteiger partial charge is 0.492 e. The van der Waals surface area contributed by atoms with Crippen molar-refractivity contribution >= 4 is 17.5 Å². The van der Waals surface area contributed by atoms with E-state index in [2.05, 4.69) is 5.32 Å². The maximum atomic E-state index is 13.2. The van der Waals surface area contributed by atoms with E-state index in [9.17, 15) is 18.4 Å². The minimum atomic E-state index is -0.647. The van der Waals surface area contributed by atoms with Gasteiger partial charge in [-0.3, -0.25) is 9.59 Å². The summed E-state index contributed by atoms with van der Waals surface area (Å²) in [5, 5.41) is 2.75. The molecule has 5 nitrogen and oxygen atoms in total. The van der Waals surface area contributed by atoms with E-state index in [-0.39, 0.29) is 31.3 Å². The lowest BCUT2D eigenvalue weighted by atomic mass is 10.1. The number of anilines is 1. The summed E-state index contributed by atoms with van der Waals surface area (Å²) in [6.45, 7) is 2.85. The second-order valence-corrected chi connectivity index (χ2v) is 6.62. The van der Waals surface area contributed by atoms with Crippen LogP contribution in [0, 0.1) is 17.6 Å². The molecule has 7 heteroatoms. The molecule has 1 atom stereocenters. The van der Waals surface area contributed by atoms with Gasteiger partial charge in [0.25, 0.3) is 0 Å². The summed E-state index contributed by atoms with van der Waals surface area (Å²) in [4.78, 5) is 26.4. The highest BCUT2D eigenvalue weighted by atomic mass is 19.1. The highest BCUT2D eigenvalue weighted by Crippen LogP contribution is 2.33. The Morgan fingerprint density at radius 1 is 1.21 bits per heavy atom. The van der Waals surface area contributed by atoms with Gasteiger partial charge >= 0.3 is 0 Å². The molecule has 0 radical (unpaired) electrons. The van der Waals surface area contributed by atoms with E-state index in [1.54, 1.807) is 17.0 Å². The van der Waals surface area contributed by atoms with Crippen molar-refractivity contribution in [2.75, 3.05) is 24.6 Å². The number of benzene rings is 2. The molecule has 1 N–H and O–H groups in total. The van der Waals surface area contributed by atoms with Crippen LogP contribution < -0.4 is 15.0 Å². The Morgan fingerprint density at radius 3 is 2.64 bits per heavy atom. The van der Waals surface area contributed by atoms with Crippen molar-refractivity contribution in [1.82, 2.24) is 5.32 Å². The first-order chi connectivity index (χ1) is 13.5. The van der Waals surface area contributed by atoms with Crippen molar-refractivity contribution < 1.29 is 23.1 Å². The summed E-state index contributed by atoms with van der Waals surface area (Å²) in [5.74, 6) is -1.56. The topological polar surface area (TPSA) is 58.6 Å². The number of halogens is 2. The Labute approximate surface area is 162 Å². The number of nitrogens with one attached hydrogen (secondary N) is 1. The maximum Gasteiger partial charge on any atom is 0.227 e. The van der Waals surface area contributed by atoms with E-state index < -0.39 is 17.6 Å². The number of nitrogens with zero attached hydrogens (tertiary/aromatic N) is 1. The molecule has 1 aliphatic heterocycles. The van der Waals surface area contributed by atoms with Gasteiger partial charge in [0.2, 0.25) is 11.8 Å². The number of hydrogen-bond acceptors (Lipinski definition) is 3.